The van der Waals surface area contributed by atoms with Crippen LogP contribution < -0.4 is 0 Å². The van der Waals surface area contributed by atoms with Crippen LogP contribution in [0.25, 0.3) is 0 Å². The molecule has 0 aromatic carbocycles. The van der Waals surface area contributed by atoms with Gasteiger partial charge in [0.15, 0.2) is 11.9 Å². The third-order valence-corrected chi connectivity index (χ3v) is 2.74. The van der Waals surface area contributed by atoms with Crippen molar-refractivity contribution in [2.45, 2.75) is 27.2 Å². The van der Waals surface area contributed by atoms with Crippen LogP contribution in [0.2, 0.25) is 0 Å². The molecule has 0 amide bonds. The molecule has 0 N–H and O–H groups in total. The molecule has 76 valence electrons. The molecular formula is C13H20N+. The SMILES string of the molecule is C/C=C\C=C1/C(CC)C(C)=CC=[N+]1C. The third kappa shape index (κ3) is 2.22. The molecule has 1 heterocycles. The molecular weight excluding hydrogens is 170 g/mol. The van der Waals surface area contributed by atoms with E-state index in [-0.39, 0.29) is 0 Å². The Bertz CT molecular complexity index is 316. The quantitative estimate of drug-likeness (QED) is 0.588. The maximum absolute atomic E-state index is 2.24. The molecule has 0 aliphatic carbocycles. The molecule has 1 nitrogen and oxygen atoms in total. The van der Waals surface area contributed by atoms with Crippen LogP contribution in [-0.4, -0.2) is 17.8 Å². The number of nitrogens with zero attached hydrogens (tertiary/aromatic N) is 1. The summed E-state index contributed by atoms with van der Waals surface area (Å²) in [6, 6.07) is 0. The fourth-order valence-corrected chi connectivity index (χ4v) is 1.87. The zero-order valence-electron chi connectivity index (χ0n) is 9.62. The first-order valence-electron chi connectivity index (χ1n) is 5.28. The Kier molecular flexibility index (Phi) is 3.87. The fraction of sp³-hybridized carbons (Fsp3) is 0.462. The van der Waals surface area contributed by atoms with Gasteiger partial charge in [0.25, 0.3) is 0 Å². The maximum atomic E-state index is 2.24. The van der Waals surface area contributed by atoms with E-state index in [1.54, 1.807) is 0 Å². The highest BCUT2D eigenvalue weighted by Gasteiger charge is 2.24. The molecule has 0 bridgehead atoms. The Morgan fingerprint density at radius 1 is 1.50 bits per heavy atom. The maximum Gasteiger partial charge on any atom is 0.188 e. The van der Waals surface area contributed by atoms with E-state index in [9.17, 15) is 0 Å². The van der Waals surface area contributed by atoms with Gasteiger partial charge in [-0.3, -0.25) is 0 Å². The van der Waals surface area contributed by atoms with Gasteiger partial charge in [0.05, 0.1) is 5.92 Å². The molecule has 0 aromatic rings. The number of rotatable bonds is 2. The van der Waals surface area contributed by atoms with Gasteiger partial charge >= 0.3 is 0 Å². The van der Waals surface area contributed by atoms with Gasteiger partial charge in [0.1, 0.15) is 7.05 Å². The summed E-state index contributed by atoms with van der Waals surface area (Å²) in [4.78, 5) is 0. The van der Waals surface area contributed by atoms with Crippen molar-refractivity contribution in [1.29, 1.82) is 0 Å². The molecule has 0 spiro atoms. The summed E-state index contributed by atoms with van der Waals surface area (Å²) in [6.45, 7) is 6.50. The minimum absolute atomic E-state index is 0.584. The van der Waals surface area contributed by atoms with Crippen molar-refractivity contribution in [1.82, 2.24) is 0 Å². The minimum atomic E-state index is 0.584. The van der Waals surface area contributed by atoms with Gasteiger partial charge in [0, 0.05) is 12.2 Å². The van der Waals surface area contributed by atoms with Crippen LogP contribution in [0.5, 0.6) is 0 Å². The van der Waals surface area contributed by atoms with Gasteiger partial charge in [-0.1, -0.05) is 24.6 Å². The van der Waals surface area contributed by atoms with Gasteiger partial charge in [-0.2, -0.15) is 0 Å². The van der Waals surface area contributed by atoms with E-state index in [0.29, 0.717) is 5.92 Å². The zero-order valence-corrected chi connectivity index (χ0v) is 9.62. The van der Waals surface area contributed by atoms with E-state index in [0.717, 1.165) is 0 Å². The lowest BCUT2D eigenvalue weighted by Crippen LogP contribution is -2.20. The zero-order chi connectivity index (χ0) is 10.6. The van der Waals surface area contributed by atoms with E-state index < -0.39 is 0 Å². The topological polar surface area (TPSA) is 3.01 Å². The Balaban J connectivity index is 3.03. The largest absolute Gasteiger partial charge is 0.205 e. The molecule has 0 aromatic heterocycles. The normalized spacial score (nSPS) is 25.4. The second-order valence-corrected chi connectivity index (χ2v) is 3.75. The fourth-order valence-electron chi connectivity index (χ4n) is 1.87. The Morgan fingerprint density at radius 3 is 2.79 bits per heavy atom. The van der Waals surface area contributed by atoms with Crippen LogP contribution in [0, 0.1) is 5.92 Å². The summed E-state index contributed by atoms with van der Waals surface area (Å²) >= 11 is 0. The monoisotopic (exact) mass is 190 g/mol. The van der Waals surface area contributed by atoms with E-state index in [1.807, 2.05) is 6.92 Å². The van der Waals surface area contributed by atoms with Gasteiger partial charge in [0.2, 0.25) is 0 Å². The molecule has 0 saturated carbocycles. The lowest BCUT2D eigenvalue weighted by atomic mass is 9.91. The summed E-state index contributed by atoms with van der Waals surface area (Å²) in [7, 11) is 2.11. The molecule has 1 aliphatic heterocycles. The third-order valence-electron chi connectivity index (χ3n) is 2.74. The van der Waals surface area contributed by atoms with Gasteiger partial charge in [-0.05, 0) is 20.3 Å². The average Bonchev–Trinajstić information content (AvgIpc) is 2.19. The lowest BCUT2D eigenvalue weighted by Gasteiger charge is -2.18. The van der Waals surface area contributed by atoms with Crippen molar-refractivity contribution in [3.8, 4) is 0 Å². The number of allylic oxidation sites excluding steroid dienone is 5. The van der Waals surface area contributed by atoms with Crippen molar-refractivity contribution in [2.24, 2.45) is 5.92 Å². The molecule has 1 aliphatic rings. The van der Waals surface area contributed by atoms with Crippen LogP contribution in [0.1, 0.15) is 27.2 Å². The molecule has 0 saturated heterocycles. The number of hydrogen-bond donors (Lipinski definition) is 0. The highest BCUT2D eigenvalue weighted by Crippen LogP contribution is 2.26. The highest BCUT2D eigenvalue weighted by atomic mass is 15.0. The smallest absolute Gasteiger partial charge is 0.188 e. The predicted molar refractivity (Wildman–Crippen MR) is 62.7 cm³/mol. The molecule has 1 unspecified atom stereocenters. The number of hydrogen-bond acceptors (Lipinski definition) is 0. The van der Waals surface area contributed by atoms with Gasteiger partial charge < -0.3 is 0 Å². The van der Waals surface area contributed by atoms with Crippen LogP contribution in [0.15, 0.2) is 35.6 Å². The highest BCUT2D eigenvalue weighted by molar-refractivity contribution is 5.69. The molecule has 0 fully saturated rings. The lowest BCUT2D eigenvalue weighted by molar-refractivity contribution is -0.446. The Labute approximate surface area is 87.1 Å². The molecule has 1 heteroatoms. The molecule has 1 rings (SSSR count). The molecule has 1 atom stereocenters. The summed E-state index contributed by atoms with van der Waals surface area (Å²) in [5, 5.41) is 0. The predicted octanol–water partition coefficient (Wildman–Crippen LogP) is 3.15. The van der Waals surface area contributed by atoms with Crippen molar-refractivity contribution in [3.63, 3.8) is 0 Å². The molecule has 14 heavy (non-hydrogen) atoms. The summed E-state index contributed by atoms with van der Waals surface area (Å²) in [6.07, 6.45) is 11.9. The molecule has 0 radical (unpaired) electrons. The average molecular weight is 190 g/mol. The van der Waals surface area contributed by atoms with Crippen molar-refractivity contribution >= 4 is 6.21 Å². The van der Waals surface area contributed by atoms with Crippen LogP contribution in [0.3, 0.4) is 0 Å². The first-order valence-corrected chi connectivity index (χ1v) is 5.28. The van der Waals surface area contributed by atoms with E-state index in [4.69, 9.17) is 0 Å². The standard InChI is InChI=1S/C13H20N/c1-5-7-8-13-12(6-2)11(3)9-10-14(13)4/h5,7-10,12H,6H2,1-4H3/q+1/b7-5-,13-8+. The first-order chi connectivity index (χ1) is 6.70. The van der Waals surface area contributed by atoms with Crippen molar-refractivity contribution in [2.75, 3.05) is 7.05 Å². The summed E-state index contributed by atoms with van der Waals surface area (Å²) < 4.78 is 2.21. The Morgan fingerprint density at radius 2 is 2.21 bits per heavy atom. The van der Waals surface area contributed by atoms with Crippen molar-refractivity contribution in [3.05, 3.63) is 35.6 Å². The van der Waals surface area contributed by atoms with Crippen LogP contribution in [0.4, 0.5) is 0 Å². The second-order valence-electron chi connectivity index (χ2n) is 3.75. The Hall–Kier alpha value is -1.11. The van der Waals surface area contributed by atoms with Gasteiger partial charge in [-0.25, -0.2) is 4.58 Å². The van der Waals surface area contributed by atoms with E-state index in [2.05, 4.69) is 56.0 Å². The minimum Gasteiger partial charge on any atom is -0.205 e. The van der Waals surface area contributed by atoms with E-state index in [1.165, 1.54) is 17.7 Å². The van der Waals surface area contributed by atoms with Crippen LogP contribution in [-0.2, 0) is 0 Å². The summed E-state index contributed by atoms with van der Waals surface area (Å²) in [5.41, 5.74) is 2.85. The second kappa shape index (κ2) is 4.94. The van der Waals surface area contributed by atoms with E-state index >= 15 is 0 Å². The van der Waals surface area contributed by atoms with Crippen LogP contribution >= 0.6 is 0 Å². The first kappa shape index (κ1) is 11.0. The van der Waals surface area contributed by atoms with Gasteiger partial charge in [-0.15, -0.1) is 0 Å². The van der Waals surface area contributed by atoms with Crippen molar-refractivity contribution < 1.29 is 4.58 Å². The summed E-state index contributed by atoms with van der Waals surface area (Å²) in [5.74, 6) is 0.584.